The molecule has 1 atom stereocenters. The van der Waals surface area contributed by atoms with E-state index in [0.717, 1.165) is 19.4 Å². The molecule has 5 heteroatoms. The Morgan fingerprint density at radius 3 is 2.75 bits per heavy atom. The van der Waals surface area contributed by atoms with Gasteiger partial charge in [0.15, 0.2) is 5.82 Å². The number of likely N-dealkylation sites (tertiary alicyclic amines) is 1. The van der Waals surface area contributed by atoms with Crippen molar-refractivity contribution in [1.29, 1.82) is 0 Å². The lowest BCUT2D eigenvalue weighted by Crippen LogP contribution is -2.32. The van der Waals surface area contributed by atoms with Crippen molar-refractivity contribution in [2.75, 3.05) is 6.54 Å². The third-order valence-electron chi connectivity index (χ3n) is 4.59. The van der Waals surface area contributed by atoms with Gasteiger partial charge in [-0.2, -0.15) is 4.98 Å². The van der Waals surface area contributed by atoms with E-state index in [1.54, 1.807) is 0 Å². The molecule has 110 valence electrons. The molecule has 1 saturated heterocycles. The summed E-state index contributed by atoms with van der Waals surface area (Å²) in [5, 5.41) is 3.85. The van der Waals surface area contributed by atoms with Gasteiger partial charge in [-0.3, -0.25) is 4.79 Å². The minimum atomic E-state index is 0.00675. The summed E-state index contributed by atoms with van der Waals surface area (Å²) in [5.74, 6) is 2.11. The molecule has 1 aromatic rings. The summed E-state index contributed by atoms with van der Waals surface area (Å²) in [5.41, 5.74) is 0. The molecule has 0 aromatic carbocycles. The first kappa shape index (κ1) is 13.6. The second kappa shape index (κ2) is 5.94. The van der Waals surface area contributed by atoms with Crippen molar-refractivity contribution in [2.45, 2.75) is 64.3 Å². The molecule has 3 rings (SSSR count). The van der Waals surface area contributed by atoms with Gasteiger partial charge in [0.2, 0.25) is 11.8 Å². The summed E-state index contributed by atoms with van der Waals surface area (Å²) < 4.78 is 5.26. The maximum absolute atomic E-state index is 12.5. The van der Waals surface area contributed by atoms with E-state index < -0.39 is 0 Å². The number of carbonyl (C=O) groups is 1. The zero-order chi connectivity index (χ0) is 13.9. The number of rotatable bonds is 3. The number of hydrogen-bond donors (Lipinski definition) is 0. The summed E-state index contributed by atoms with van der Waals surface area (Å²) in [6.45, 7) is 2.65. The molecule has 2 aliphatic rings. The Hall–Kier alpha value is -1.39. The van der Waals surface area contributed by atoms with Crippen LogP contribution in [0.1, 0.15) is 69.1 Å². The fourth-order valence-electron chi connectivity index (χ4n) is 3.53. The van der Waals surface area contributed by atoms with E-state index in [-0.39, 0.29) is 11.9 Å². The van der Waals surface area contributed by atoms with E-state index in [9.17, 15) is 4.79 Å². The summed E-state index contributed by atoms with van der Waals surface area (Å²) in [4.78, 5) is 18.8. The fourth-order valence-corrected chi connectivity index (χ4v) is 3.53. The van der Waals surface area contributed by atoms with E-state index in [2.05, 4.69) is 10.1 Å². The van der Waals surface area contributed by atoms with E-state index in [1.807, 2.05) is 11.8 Å². The summed E-state index contributed by atoms with van der Waals surface area (Å²) in [6.07, 6.45) is 8.99. The lowest BCUT2D eigenvalue weighted by molar-refractivity contribution is -0.133. The molecule has 1 amide bonds. The molecule has 0 spiro atoms. The van der Waals surface area contributed by atoms with Crippen molar-refractivity contribution in [3.8, 4) is 0 Å². The maximum atomic E-state index is 12.5. The highest BCUT2D eigenvalue weighted by molar-refractivity contribution is 5.77. The third kappa shape index (κ3) is 2.86. The number of aromatic nitrogens is 2. The molecule has 1 aliphatic heterocycles. The first-order valence-electron chi connectivity index (χ1n) is 7.83. The van der Waals surface area contributed by atoms with Crippen molar-refractivity contribution in [3.63, 3.8) is 0 Å². The highest BCUT2D eigenvalue weighted by atomic mass is 16.5. The van der Waals surface area contributed by atoms with Gasteiger partial charge in [-0.05, 0) is 38.5 Å². The topological polar surface area (TPSA) is 59.2 Å². The van der Waals surface area contributed by atoms with Gasteiger partial charge in [0, 0.05) is 13.0 Å². The second-order valence-corrected chi connectivity index (χ2v) is 6.13. The number of aryl methyl sites for hydroxylation is 1. The van der Waals surface area contributed by atoms with Crippen LogP contribution in [0.4, 0.5) is 0 Å². The quantitative estimate of drug-likeness (QED) is 0.852. The van der Waals surface area contributed by atoms with Gasteiger partial charge in [0.1, 0.15) is 6.04 Å². The largest absolute Gasteiger partial charge is 0.337 e. The van der Waals surface area contributed by atoms with Crippen molar-refractivity contribution in [3.05, 3.63) is 11.7 Å². The first-order valence-corrected chi connectivity index (χ1v) is 7.83. The number of hydrogen-bond acceptors (Lipinski definition) is 4. The Bertz CT molecular complexity index is 465. The predicted octanol–water partition coefficient (Wildman–Crippen LogP) is 3.01. The standard InChI is InChI=1S/C15H23N3O2/c1-11-16-15(20-17-11)13-8-5-9-18(13)14(19)10-12-6-3-2-4-7-12/h12-13H,2-10H2,1H3. The fraction of sp³-hybridized carbons (Fsp3) is 0.800. The van der Waals surface area contributed by atoms with Gasteiger partial charge in [-0.1, -0.05) is 24.4 Å². The summed E-state index contributed by atoms with van der Waals surface area (Å²) in [7, 11) is 0. The number of amides is 1. The van der Waals surface area contributed by atoms with Crippen LogP contribution in [-0.4, -0.2) is 27.5 Å². The van der Waals surface area contributed by atoms with Crippen LogP contribution in [0, 0.1) is 12.8 Å². The van der Waals surface area contributed by atoms with Crippen LogP contribution in [0.2, 0.25) is 0 Å². The molecule has 1 aliphatic carbocycles. The molecular weight excluding hydrogens is 254 g/mol. The average Bonchev–Trinajstić information content (AvgIpc) is 3.08. The van der Waals surface area contributed by atoms with Crippen LogP contribution in [0.5, 0.6) is 0 Å². The lowest BCUT2D eigenvalue weighted by Gasteiger charge is -2.26. The van der Waals surface area contributed by atoms with Gasteiger partial charge in [-0.25, -0.2) is 0 Å². The van der Waals surface area contributed by atoms with Crippen LogP contribution < -0.4 is 0 Å². The van der Waals surface area contributed by atoms with E-state index in [4.69, 9.17) is 4.52 Å². The number of nitrogens with zero attached hydrogens (tertiary/aromatic N) is 3. The van der Waals surface area contributed by atoms with Gasteiger partial charge >= 0.3 is 0 Å². The van der Waals surface area contributed by atoms with Crippen LogP contribution >= 0.6 is 0 Å². The molecule has 5 nitrogen and oxygen atoms in total. The SMILES string of the molecule is Cc1noc(C2CCCN2C(=O)CC2CCCCC2)n1. The monoisotopic (exact) mass is 277 g/mol. The summed E-state index contributed by atoms with van der Waals surface area (Å²) >= 11 is 0. The van der Waals surface area contributed by atoms with Gasteiger partial charge < -0.3 is 9.42 Å². The molecule has 0 bridgehead atoms. The minimum Gasteiger partial charge on any atom is -0.337 e. The van der Waals surface area contributed by atoms with Gasteiger partial charge in [-0.15, -0.1) is 0 Å². The zero-order valence-corrected chi connectivity index (χ0v) is 12.2. The molecule has 0 N–H and O–H groups in total. The second-order valence-electron chi connectivity index (χ2n) is 6.13. The Labute approximate surface area is 119 Å². The van der Waals surface area contributed by atoms with Crippen LogP contribution in [0.3, 0.4) is 0 Å². The Balaban J connectivity index is 1.63. The van der Waals surface area contributed by atoms with E-state index in [1.165, 1.54) is 32.1 Å². The minimum absolute atomic E-state index is 0.00675. The Morgan fingerprint density at radius 2 is 2.05 bits per heavy atom. The highest BCUT2D eigenvalue weighted by Gasteiger charge is 2.34. The summed E-state index contributed by atoms with van der Waals surface area (Å²) in [6, 6.07) is 0.00675. The smallest absolute Gasteiger partial charge is 0.249 e. The molecule has 1 aromatic heterocycles. The molecule has 2 heterocycles. The predicted molar refractivity (Wildman–Crippen MR) is 73.9 cm³/mol. The Morgan fingerprint density at radius 1 is 1.25 bits per heavy atom. The molecule has 1 unspecified atom stereocenters. The first-order chi connectivity index (χ1) is 9.74. The molecular formula is C15H23N3O2. The van der Waals surface area contributed by atoms with Crippen molar-refractivity contribution >= 4 is 5.91 Å². The van der Waals surface area contributed by atoms with Gasteiger partial charge in [0.25, 0.3) is 0 Å². The third-order valence-corrected chi connectivity index (χ3v) is 4.59. The molecule has 1 saturated carbocycles. The molecule has 0 radical (unpaired) electrons. The number of carbonyl (C=O) groups excluding carboxylic acids is 1. The Kier molecular flexibility index (Phi) is 4.03. The van der Waals surface area contributed by atoms with Crippen molar-refractivity contribution < 1.29 is 9.32 Å². The van der Waals surface area contributed by atoms with Crippen LogP contribution in [0.15, 0.2) is 4.52 Å². The van der Waals surface area contributed by atoms with Gasteiger partial charge in [0.05, 0.1) is 0 Å². The van der Waals surface area contributed by atoms with Crippen molar-refractivity contribution in [2.24, 2.45) is 5.92 Å². The van der Waals surface area contributed by atoms with Crippen LogP contribution in [-0.2, 0) is 4.79 Å². The van der Waals surface area contributed by atoms with E-state index in [0.29, 0.717) is 24.1 Å². The average molecular weight is 277 g/mol. The van der Waals surface area contributed by atoms with Crippen LogP contribution in [0.25, 0.3) is 0 Å². The van der Waals surface area contributed by atoms with Crippen molar-refractivity contribution in [1.82, 2.24) is 15.0 Å². The zero-order valence-electron chi connectivity index (χ0n) is 12.2. The highest BCUT2D eigenvalue weighted by Crippen LogP contribution is 2.33. The molecule has 20 heavy (non-hydrogen) atoms. The normalized spacial score (nSPS) is 24.2. The molecule has 2 fully saturated rings. The van der Waals surface area contributed by atoms with E-state index >= 15 is 0 Å². The maximum Gasteiger partial charge on any atom is 0.249 e. The lowest BCUT2D eigenvalue weighted by atomic mass is 9.86.